The molecule has 3 N–H and O–H groups in total. The molecule has 8 bridgehead atoms. The average Bonchev–Trinajstić information content (AvgIpc) is 3.78. The molecular formula is C49H70Cl2I3N9O4. The smallest absolute Gasteiger partial charge is 0.184 e. The van der Waals surface area contributed by atoms with Crippen LogP contribution in [0.5, 0.6) is 0 Å². The van der Waals surface area contributed by atoms with Crippen molar-refractivity contribution >= 4 is 113 Å². The zero-order valence-electron chi connectivity index (χ0n) is 39.4. The number of hydrogen-bond donors (Lipinski definition) is 3. The lowest BCUT2D eigenvalue weighted by atomic mass is 9.49. The third-order valence-corrected chi connectivity index (χ3v) is 18.4. The number of nitrogens with one attached hydrogen (secondary N) is 1. The first kappa shape index (κ1) is 52.3. The van der Waals surface area contributed by atoms with E-state index in [1.54, 1.807) is 15.6 Å². The molecule has 18 heteroatoms. The van der Waals surface area contributed by atoms with Gasteiger partial charge in [0.25, 0.3) is 0 Å². The number of pyridine rings is 1. The molecule has 8 saturated carbocycles. The second-order valence-electron chi connectivity index (χ2n) is 21.8. The highest BCUT2D eigenvalue weighted by Gasteiger charge is 2.56. The van der Waals surface area contributed by atoms with Gasteiger partial charge in [-0.25, -0.2) is 0 Å². The lowest BCUT2D eigenvalue weighted by Crippen LogP contribution is -2.54. The van der Waals surface area contributed by atoms with E-state index in [2.05, 4.69) is 92.6 Å². The molecule has 3 aromatic rings. The molecule has 0 spiro atoms. The van der Waals surface area contributed by atoms with Gasteiger partial charge < -0.3 is 30.2 Å². The summed E-state index contributed by atoms with van der Waals surface area (Å²) < 4.78 is 3.56. The van der Waals surface area contributed by atoms with E-state index in [4.69, 9.17) is 23.2 Å². The molecule has 13 rings (SSSR count). The largest absolute Gasteiger partial charge is 0.390 e. The summed E-state index contributed by atoms with van der Waals surface area (Å²) in [5, 5.41) is 35.2. The normalized spacial score (nSPS) is 32.8. The Morgan fingerprint density at radius 1 is 0.731 bits per heavy atom. The van der Waals surface area contributed by atoms with Crippen molar-refractivity contribution in [1.29, 1.82) is 0 Å². The lowest BCUT2D eigenvalue weighted by Gasteiger charge is -2.58. The van der Waals surface area contributed by atoms with E-state index in [1.165, 1.54) is 25.7 Å². The zero-order valence-corrected chi connectivity index (χ0v) is 47.6. The van der Waals surface area contributed by atoms with E-state index in [0.717, 1.165) is 108 Å². The number of aryl methyl sites for hydroxylation is 2. The summed E-state index contributed by atoms with van der Waals surface area (Å²) in [5.41, 5.74) is 1.08. The Morgan fingerprint density at radius 3 is 1.54 bits per heavy atom. The zero-order chi connectivity index (χ0) is 46.7. The molecule has 370 valence electrons. The summed E-state index contributed by atoms with van der Waals surface area (Å²) in [7, 11) is 7.90. The molecule has 3 aromatic heterocycles. The minimum atomic E-state index is -0.471. The van der Waals surface area contributed by atoms with Crippen LogP contribution in [0.25, 0.3) is 0 Å². The fraction of sp³-hybridized carbons (Fsp3) is 0.735. The molecule has 0 radical (unpaired) electrons. The van der Waals surface area contributed by atoms with Gasteiger partial charge in [-0.1, -0.05) is 23.2 Å². The SMILES string of the molecule is CN(c1c(Cl)c(C(=O)CC2C3CC4CC2CC(O)(C4)C3)nn1C)C1CCN(c2cccnc2)CC1.CN(c1c(Cl)c(C(=O)CC2C3CC4CC2CC(O)(C4)C3)nn1C)C1CCNCC1.I.II. The Morgan fingerprint density at radius 2 is 1.15 bits per heavy atom. The predicted octanol–water partition coefficient (Wildman–Crippen LogP) is 9.74. The summed E-state index contributed by atoms with van der Waals surface area (Å²) in [4.78, 5) is 37.7. The molecule has 0 aromatic carbocycles. The molecule has 2 saturated heterocycles. The van der Waals surface area contributed by atoms with E-state index in [0.29, 0.717) is 93.7 Å². The molecule has 10 fully saturated rings. The topological polar surface area (TPSA) is 145 Å². The van der Waals surface area contributed by atoms with Crippen LogP contribution in [0.1, 0.15) is 124 Å². The van der Waals surface area contributed by atoms with Crippen LogP contribution in [0.4, 0.5) is 17.3 Å². The highest BCUT2D eigenvalue weighted by atomic mass is 128. The van der Waals surface area contributed by atoms with Crippen LogP contribution >= 0.6 is 84.4 Å². The molecule has 13 nitrogen and oxygen atoms in total. The van der Waals surface area contributed by atoms with Gasteiger partial charge in [0.2, 0.25) is 0 Å². The van der Waals surface area contributed by atoms with Gasteiger partial charge in [0, 0.05) is 110 Å². The second kappa shape index (κ2) is 21.6. The van der Waals surface area contributed by atoms with Crippen LogP contribution in [0.3, 0.4) is 0 Å². The van der Waals surface area contributed by atoms with Crippen molar-refractivity contribution in [1.82, 2.24) is 29.9 Å². The molecule has 4 atom stereocenters. The Balaban J connectivity index is 0.000000175. The molecule has 0 amide bonds. The highest BCUT2D eigenvalue weighted by Crippen LogP contribution is 2.60. The average molecular weight is 1300 g/mol. The van der Waals surface area contributed by atoms with Gasteiger partial charge >= 0.3 is 0 Å². The van der Waals surface area contributed by atoms with Gasteiger partial charge in [0.1, 0.15) is 33.1 Å². The fourth-order valence-corrected chi connectivity index (χ4v) is 16.0. The van der Waals surface area contributed by atoms with Crippen molar-refractivity contribution in [2.24, 2.45) is 61.4 Å². The van der Waals surface area contributed by atoms with E-state index >= 15 is 0 Å². The standard InChI is InChI=1S/C27H36ClN5O2.C22H33ClN4O2.I2.HI/c1-31(20-5-8-33(9-6-20)21-4-3-7-29-16-21)26-24(28)25(30-32(26)2)23(34)12-22-18-10-17-11-19(22)15-27(35,13-17)14-18;1-26(16-3-5-24-6-4-16)21-19(23)20(25-27(21)2)18(28)9-17-14-7-13-8-15(17)12-22(29,10-13)11-14;1-2;/h3-4,7,16-20,22,35H,5-6,8-15H2,1-2H3;13-17,24,29H,3-12H2,1-2H3;;1H. The van der Waals surface area contributed by atoms with Crippen molar-refractivity contribution in [3.05, 3.63) is 46.0 Å². The van der Waals surface area contributed by atoms with E-state index < -0.39 is 11.2 Å². The summed E-state index contributed by atoms with van der Waals surface area (Å²) in [5.74, 6) is 5.73. The number of nitrogens with zero attached hydrogens (tertiary/aromatic N) is 8. The lowest BCUT2D eigenvalue weighted by molar-refractivity contribution is -0.151. The van der Waals surface area contributed by atoms with Gasteiger partial charge in [-0.3, -0.25) is 23.9 Å². The van der Waals surface area contributed by atoms with Crippen molar-refractivity contribution in [3.63, 3.8) is 0 Å². The number of Topliss-reactive ketones (excluding diaryl/α,β-unsaturated/α-hetero) is 2. The number of hydrogen-bond acceptors (Lipinski definition) is 11. The fourth-order valence-electron chi connectivity index (χ4n) is 15.2. The monoisotopic (exact) mass is 1300 g/mol. The predicted molar refractivity (Wildman–Crippen MR) is 294 cm³/mol. The quantitative estimate of drug-likeness (QED) is 0.125. The van der Waals surface area contributed by atoms with Gasteiger partial charge in [0.15, 0.2) is 11.6 Å². The van der Waals surface area contributed by atoms with Crippen molar-refractivity contribution < 1.29 is 19.8 Å². The number of aromatic nitrogens is 5. The summed E-state index contributed by atoms with van der Waals surface area (Å²) >= 11 is 17.8. The Bertz CT molecular complexity index is 2190. The maximum absolute atomic E-state index is 13.4. The Hall–Kier alpha value is -1.04. The first-order valence-electron chi connectivity index (χ1n) is 24.6. The van der Waals surface area contributed by atoms with Gasteiger partial charge in [-0.2, -0.15) is 10.2 Å². The molecular weight excluding hydrogens is 1230 g/mol. The summed E-state index contributed by atoms with van der Waals surface area (Å²) in [6.07, 6.45) is 19.0. The highest BCUT2D eigenvalue weighted by molar-refractivity contribution is 15.0. The van der Waals surface area contributed by atoms with Gasteiger partial charge in [-0.15, -0.1) is 24.0 Å². The number of aliphatic hydroxyl groups is 2. The van der Waals surface area contributed by atoms with E-state index in [-0.39, 0.29) is 35.5 Å². The van der Waals surface area contributed by atoms with E-state index in [9.17, 15) is 19.8 Å². The van der Waals surface area contributed by atoms with Crippen molar-refractivity contribution in [2.45, 2.75) is 126 Å². The van der Waals surface area contributed by atoms with Crippen LogP contribution in [0, 0.1) is 47.3 Å². The van der Waals surface area contributed by atoms with Crippen LogP contribution in [0.2, 0.25) is 10.0 Å². The number of carbonyl (C=O) groups excluding carboxylic acids is 2. The van der Waals surface area contributed by atoms with Crippen LogP contribution in [0.15, 0.2) is 24.5 Å². The number of anilines is 3. The van der Waals surface area contributed by atoms with Crippen molar-refractivity contribution in [2.75, 3.05) is 55.0 Å². The summed E-state index contributed by atoms with van der Waals surface area (Å²) in [6, 6.07) is 4.84. The Labute approximate surface area is 447 Å². The number of carbonyl (C=O) groups is 2. The van der Waals surface area contributed by atoms with Crippen LogP contribution < -0.4 is 20.0 Å². The minimum absolute atomic E-state index is 0. The van der Waals surface area contributed by atoms with Crippen LogP contribution in [-0.2, 0) is 14.1 Å². The number of halogens is 5. The number of piperidine rings is 2. The molecule has 2 aliphatic heterocycles. The van der Waals surface area contributed by atoms with E-state index in [1.807, 2.05) is 26.4 Å². The van der Waals surface area contributed by atoms with Crippen LogP contribution in [-0.4, -0.2) is 110 Å². The van der Waals surface area contributed by atoms with Gasteiger partial charge in [0.05, 0.1) is 23.1 Å². The van der Waals surface area contributed by atoms with Gasteiger partial charge in [-0.05, 0) is 162 Å². The third-order valence-electron chi connectivity index (χ3n) is 17.7. The first-order chi connectivity index (χ1) is 31.7. The third kappa shape index (κ3) is 10.7. The summed E-state index contributed by atoms with van der Waals surface area (Å²) in [6.45, 7) is 3.93. The molecule has 8 aliphatic carbocycles. The molecule has 4 unspecified atom stereocenters. The Kier molecular flexibility index (Phi) is 16.8. The van der Waals surface area contributed by atoms with Crippen molar-refractivity contribution in [3.8, 4) is 0 Å². The maximum Gasteiger partial charge on any atom is 0.184 e. The minimum Gasteiger partial charge on any atom is -0.390 e. The molecule has 10 aliphatic rings. The molecule has 67 heavy (non-hydrogen) atoms. The number of ketones is 2. The maximum atomic E-state index is 13.4. The second-order valence-corrected chi connectivity index (χ2v) is 22.6. The number of rotatable bonds is 11. The molecule has 5 heterocycles. The first-order valence-corrected chi connectivity index (χ1v) is 31.6.